The van der Waals surface area contributed by atoms with Crippen LogP contribution in [0.3, 0.4) is 0 Å². The van der Waals surface area contributed by atoms with Gasteiger partial charge >= 0.3 is 6.36 Å². The largest absolute Gasteiger partial charge is 0.573 e. The normalized spacial score (nSPS) is 11.8. The van der Waals surface area contributed by atoms with E-state index in [9.17, 15) is 22.0 Å². The molecular formula is C14H8ClF5O. The van der Waals surface area contributed by atoms with Crippen molar-refractivity contribution in [3.8, 4) is 16.9 Å². The molecule has 0 saturated heterocycles. The fraction of sp³-hybridized carbons (Fsp3) is 0.143. The molecule has 0 amide bonds. The maximum atomic E-state index is 12.5. The van der Waals surface area contributed by atoms with Gasteiger partial charge in [-0.25, -0.2) is 8.78 Å². The van der Waals surface area contributed by atoms with Crippen molar-refractivity contribution in [2.45, 2.75) is 12.8 Å². The van der Waals surface area contributed by atoms with E-state index in [0.717, 1.165) is 18.2 Å². The highest BCUT2D eigenvalue weighted by molar-refractivity contribution is 6.33. The summed E-state index contributed by atoms with van der Waals surface area (Å²) in [5, 5.41) is 0.0947. The van der Waals surface area contributed by atoms with Crippen LogP contribution in [0.4, 0.5) is 22.0 Å². The average Bonchev–Trinajstić information content (AvgIpc) is 2.38. The fourth-order valence-electron chi connectivity index (χ4n) is 1.74. The quantitative estimate of drug-likeness (QED) is 0.645. The van der Waals surface area contributed by atoms with Crippen molar-refractivity contribution >= 4 is 11.6 Å². The number of rotatable bonds is 3. The van der Waals surface area contributed by atoms with E-state index < -0.39 is 12.8 Å². The van der Waals surface area contributed by atoms with E-state index >= 15 is 0 Å². The first-order chi connectivity index (χ1) is 9.76. The minimum atomic E-state index is -4.77. The summed E-state index contributed by atoms with van der Waals surface area (Å²) < 4.78 is 64.9. The Kier molecular flexibility index (Phi) is 4.37. The minimum Gasteiger partial charge on any atom is -0.406 e. The van der Waals surface area contributed by atoms with Crippen LogP contribution in [-0.2, 0) is 0 Å². The Morgan fingerprint density at radius 1 is 0.952 bits per heavy atom. The highest BCUT2D eigenvalue weighted by atomic mass is 35.5. The predicted molar refractivity (Wildman–Crippen MR) is 68.5 cm³/mol. The van der Waals surface area contributed by atoms with Crippen molar-refractivity contribution < 1.29 is 26.7 Å². The molecule has 0 N–H and O–H groups in total. The zero-order valence-electron chi connectivity index (χ0n) is 10.3. The van der Waals surface area contributed by atoms with E-state index in [1.165, 1.54) is 24.3 Å². The molecule has 0 bridgehead atoms. The molecule has 2 aromatic rings. The minimum absolute atomic E-state index is 0.0947. The van der Waals surface area contributed by atoms with Crippen LogP contribution in [0.25, 0.3) is 11.1 Å². The maximum absolute atomic E-state index is 12.5. The predicted octanol–water partition coefficient (Wildman–Crippen LogP) is 5.84. The molecule has 0 aliphatic heterocycles. The van der Waals surface area contributed by atoms with Crippen molar-refractivity contribution in [2.24, 2.45) is 0 Å². The number of halogens is 6. The monoisotopic (exact) mass is 322 g/mol. The second-order valence-corrected chi connectivity index (χ2v) is 4.52. The van der Waals surface area contributed by atoms with E-state index in [0.29, 0.717) is 11.1 Å². The van der Waals surface area contributed by atoms with E-state index in [4.69, 9.17) is 11.6 Å². The molecule has 0 fully saturated rings. The summed E-state index contributed by atoms with van der Waals surface area (Å²) >= 11 is 5.91. The van der Waals surface area contributed by atoms with Gasteiger partial charge in [-0.1, -0.05) is 35.9 Å². The van der Waals surface area contributed by atoms with Crippen molar-refractivity contribution in [3.05, 3.63) is 53.1 Å². The fourth-order valence-corrected chi connectivity index (χ4v) is 2.04. The first-order valence-corrected chi connectivity index (χ1v) is 6.08. The Morgan fingerprint density at radius 3 is 2.05 bits per heavy atom. The van der Waals surface area contributed by atoms with Crippen LogP contribution < -0.4 is 4.74 Å². The van der Waals surface area contributed by atoms with Gasteiger partial charge in [-0.05, 0) is 23.8 Å². The summed E-state index contributed by atoms with van der Waals surface area (Å²) in [5.41, 5.74) is 0.718. The molecule has 0 aliphatic rings. The first-order valence-electron chi connectivity index (χ1n) is 5.70. The van der Waals surface area contributed by atoms with Gasteiger partial charge in [0.15, 0.2) is 0 Å². The SMILES string of the molecule is FC(F)c1ccc(-c2ccc(OC(F)(F)F)cc2)c(Cl)c1. The molecule has 0 spiro atoms. The number of hydrogen-bond donors (Lipinski definition) is 0. The Bertz CT molecular complexity index is 622. The van der Waals surface area contributed by atoms with E-state index in [2.05, 4.69) is 4.74 Å². The first kappa shape index (κ1) is 15.6. The van der Waals surface area contributed by atoms with Gasteiger partial charge in [0.25, 0.3) is 6.43 Å². The second kappa shape index (κ2) is 5.89. The van der Waals surface area contributed by atoms with Gasteiger partial charge in [0.1, 0.15) is 5.75 Å². The standard InChI is InChI=1S/C14H8ClF5O/c15-12-7-9(13(16)17)3-6-11(12)8-1-4-10(5-2-8)21-14(18,19)20/h1-7,13H. The zero-order chi connectivity index (χ0) is 15.6. The molecule has 0 aliphatic carbocycles. The molecule has 0 radical (unpaired) electrons. The van der Waals surface area contributed by atoms with Crippen molar-refractivity contribution in [1.82, 2.24) is 0 Å². The number of ether oxygens (including phenoxy) is 1. The summed E-state index contributed by atoms with van der Waals surface area (Å²) in [5.74, 6) is -0.369. The average molecular weight is 323 g/mol. The lowest BCUT2D eigenvalue weighted by Gasteiger charge is -2.10. The van der Waals surface area contributed by atoms with Crippen LogP contribution in [0.5, 0.6) is 5.75 Å². The van der Waals surface area contributed by atoms with E-state index in [1.807, 2.05) is 0 Å². The van der Waals surface area contributed by atoms with Crippen LogP contribution in [-0.4, -0.2) is 6.36 Å². The summed E-state index contributed by atoms with van der Waals surface area (Å²) in [6.45, 7) is 0. The molecule has 112 valence electrons. The molecule has 1 nitrogen and oxygen atoms in total. The summed E-state index contributed by atoms with van der Waals surface area (Å²) in [7, 11) is 0. The molecule has 0 saturated carbocycles. The van der Waals surface area contributed by atoms with Crippen LogP contribution >= 0.6 is 11.6 Å². The molecule has 7 heteroatoms. The van der Waals surface area contributed by atoms with Gasteiger partial charge in [-0.2, -0.15) is 0 Å². The smallest absolute Gasteiger partial charge is 0.406 e. The van der Waals surface area contributed by atoms with Gasteiger partial charge < -0.3 is 4.74 Å². The molecule has 2 aromatic carbocycles. The van der Waals surface area contributed by atoms with Crippen molar-refractivity contribution in [3.63, 3.8) is 0 Å². The van der Waals surface area contributed by atoms with E-state index in [1.54, 1.807) is 0 Å². The molecule has 0 heterocycles. The highest BCUT2D eigenvalue weighted by Gasteiger charge is 2.30. The van der Waals surface area contributed by atoms with Crippen LogP contribution in [0.2, 0.25) is 5.02 Å². The third-order valence-electron chi connectivity index (χ3n) is 2.64. The molecule has 0 unspecified atom stereocenters. The van der Waals surface area contributed by atoms with Gasteiger partial charge in [-0.3, -0.25) is 0 Å². The Labute approximate surface area is 121 Å². The lowest BCUT2D eigenvalue weighted by atomic mass is 10.0. The maximum Gasteiger partial charge on any atom is 0.573 e. The third-order valence-corrected chi connectivity index (χ3v) is 2.96. The lowest BCUT2D eigenvalue weighted by Crippen LogP contribution is -2.16. The second-order valence-electron chi connectivity index (χ2n) is 4.11. The Balaban J connectivity index is 2.27. The molecule has 0 atom stereocenters. The van der Waals surface area contributed by atoms with Gasteiger partial charge in [0, 0.05) is 16.1 Å². The summed E-state index contributed by atoms with van der Waals surface area (Å²) in [6, 6.07) is 8.71. The van der Waals surface area contributed by atoms with Crippen molar-refractivity contribution in [2.75, 3.05) is 0 Å². The van der Waals surface area contributed by atoms with Crippen LogP contribution in [0.1, 0.15) is 12.0 Å². The molecular weight excluding hydrogens is 315 g/mol. The van der Waals surface area contributed by atoms with Crippen molar-refractivity contribution in [1.29, 1.82) is 0 Å². The summed E-state index contributed by atoms with van der Waals surface area (Å²) in [4.78, 5) is 0. The van der Waals surface area contributed by atoms with Gasteiger partial charge in [0.05, 0.1) is 0 Å². The highest BCUT2D eigenvalue weighted by Crippen LogP contribution is 2.33. The number of hydrogen-bond acceptors (Lipinski definition) is 1. The van der Waals surface area contributed by atoms with Crippen LogP contribution in [0.15, 0.2) is 42.5 Å². The van der Waals surface area contributed by atoms with E-state index in [-0.39, 0.29) is 16.3 Å². The number of alkyl halides is 5. The summed E-state index contributed by atoms with van der Waals surface area (Å²) in [6.07, 6.45) is -7.41. The molecule has 0 aromatic heterocycles. The third kappa shape index (κ3) is 4.07. The van der Waals surface area contributed by atoms with Gasteiger partial charge in [-0.15, -0.1) is 13.2 Å². The Hall–Kier alpha value is -1.82. The zero-order valence-corrected chi connectivity index (χ0v) is 11.1. The molecule has 2 rings (SSSR count). The molecule has 21 heavy (non-hydrogen) atoms. The number of benzene rings is 2. The Morgan fingerprint density at radius 2 is 1.57 bits per heavy atom. The lowest BCUT2D eigenvalue weighted by molar-refractivity contribution is -0.274. The topological polar surface area (TPSA) is 9.23 Å². The van der Waals surface area contributed by atoms with Gasteiger partial charge in [0.2, 0.25) is 0 Å². The van der Waals surface area contributed by atoms with Crippen LogP contribution in [0, 0.1) is 0 Å².